The molecule has 104 valence electrons. The smallest absolute Gasteiger partial charge is 0.230 e. The molecule has 0 radical (unpaired) electrons. The Labute approximate surface area is 118 Å². The van der Waals surface area contributed by atoms with E-state index in [-0.39, 0.29) is 11.8 Å². The lowest BCUT2D eigenvalue weighted by Gasteiger charge is -2.17. The van der Waals surface area contributed by atoms with Crippen LogP contribution in [0.15, 0.2) is 29.2 Å². The number of rotatable bonds is 4. The van der Waals surface area contributed by atoms with Crippen LogP contribution in [0.3, 0.4) is 0 Å². The maximum Gasteiger partial charge on any atom is 0.230 e. The summed E-state index contributed by atoms with van der Waals surface area (Å²) in [4.78, 5) is 13.3. The molecule has 1 fully saturated rings. The molecule has 2 atom stereocenters. The van der Waals surface area contributed by atoms with Gasteiger partial charge in [0.2, 0.25) is 5.91 Å². The Morgan fingerprint density at radius 1 is 1.37 bits per heavy atom. The van der Waals surface area contributed by atoms with Crippen LogP contribution in [0.25, 0.3) is 0 Å². The van der Waals surface area contributed by atoms with Crippen LogP contribution in [-0.2, 0) is 4.79 Å². The van der Waals surface area contributed by atoms with Gasteiger partial charge in [0.15, 0.2) is 0 Å². The number of anilines is 1. The number of benzene rings is 1. The number of hydrogen-bond donors (Lipinski definition) is 2. The minimum Gasteiger partial charge on any atom is -0.392 e. The molecule has 2 N–H and O–H groups in total. The Kier molecular flexibility index (Phi) is 4.88. The van der Waals surface area contributed by atoms with Crippen molar-refractivity contribution in [3.05, 3.63) is 24.3 Å². The van der Waals surface area contributed by atoms with Crippen molar-refractivity contribution in [2.45, 2.75) is 49.4 Å². The molecule has 2 unspecified atom stereocenters. The van der Waals surface area contributed by atoms with Crippen LogP contribution in [0, 0.1) is 5.92 Å². The predicted octanol–water partition coefficient (Wildman–Crippen LogP) is 3.29. The third-order valence-electron chi connectivity index (χ3n) is 3.32. The van der Waals surface area contributed by atoms with E-state index in [0.29, 0.717) is 5.25 Å². The minimum absolute atomic E-state index is 0.0539. The second kappa shape index (κ2) is 6.44. The molecule has 1 aliphatic rings. The molecule has 2 rings (SSSR count). The van der Waals surface area contributed by atoms with Crippen molar-refractivity contribution in [1.29, 1.82) is 0 Å². The Morgan fingerprint density at radius 2 is 2.11 bits per heavy atom. The summed E-state index contributed by atoms with van der Waals surface area (Å²) in [6, 6.07) is 7.84. The first kappa shape index (κ1) is 14.4. The highest BCUT2D eigenvalue weighted by Gasteiger charge is 2.31. The van der Waals surface area contributed by atoms with Gasteiger partial charge in [-0.15, -0.1) is 11.8 Å². The van der Waals surface area contributed by atoms with Gasteiger partial charge >= 0.3 is 0 Å². The molecule has 1 amide bonds. The fourth-order valence-electron chi connectivity index (χ4n) is 2.40. The van der Waals surface area contributed by atoms with Gasteiger partial charge in [-0.05, 0) is 31.4 Å². The molecule has 3 nitrogen and oxygen atoms in total. The molecule has 0 aromatic heterocycles. The van der Waals surface area contributed by atoms with Gasteiger partial charge in [0, 0.05) is 10.1 Å². The highest BCUT2D eigenvalue weighted by molar-refractivity contribution is 8.00. The van der Waals surface area contributed by atoms with Crippen molar-refractivity contribution in [1.82, 2.24) is 0 Å². The van der Waals surface area contributed by atoms with Crippen LogP contribution < -0.4 is 5.32 Å². The topological polar surface area (TPSA) is 49.3 Å². The lowest BCUT2D eigenvalue weighted by molar-refractivity contribution is -0.122. The van der Waals surface area contributed by atoms with E-state index in [2.05, 4.69) is 19.2 Å². The zero-order valence-electron chi connectivity index (χ0n) is 11.4. The zero-order valence-corrected chi connectivity index (χ0v) is 12.2. The maximum absolute atomic E-state index is 12.2. The lowest BCUT2D eigenvalue weighted by Crippen LogP contribution is -2.28. The van der Waals surface area contributed by atoms with Crippen molar-refractivity contribution < 1.29 is 9.90 Å². The number of aliphatic hydroxyl groups is 1. The first-order chi connectivity index (χ1) is 9.08. The normalized spacial score (nSPS) is 22.7. The van der Waals surface area contributed by atoms with Gasteiger partial charge in [0.1, 0.15) is 0 Å². The van der Waals surface area contributed by atoms with E-state index in [9.17, 15) is 9.90 Å². The monoisotopic (exact) mass is 279 g/mol. The van der Waals surface area contributed by atoms with E-state index in [1.807, 2.05) is 24.3 Å². The van der Waals surface area contributed by atoms with Gasteiger partial charge in [-0.2, -0.15) is 0 Å². The summed E-state index contributed by atoms with van der Waals surface area (Å²) in [5.41, 5.74) is 0.852. The number of amides is 1. The number of thioether (sulfide) groups is 1. The van der Waals surface area contributed by atoms with Crippen molar-refractivity contribution in [2.24, 2.45) is 5.92 Å². The van der Waals surface area contributed by atoms with Gasteiger partial charge in [0.25, 0.3) is 0 Å². The zero-order chi connectivity index (χ0) is 13.8. The fourth-order valence-corrected chi connectivity index (χ4v) is 3.31. The Morgan fingerprint density at radius 3 is 2.74 bits per heavy atom. The lowest BCUT2D eigenvalue weighted by atomic mass is 10.1. The predicted molar refractivity (Wildman–Crippen MR) is 79.4 cm³/mol. The molecule has 1 aromatic carbocycles. The second-order valence-electron chi connectivity index (χ2n) is 5.26. The van der Waals surface area contributed by atoms with E-state index >= 15 is 0 Å². The summed E-state index contributed by atoms with van der Waals surface area (Å²) in [6.45, 7) is 4.26. The third-order valence-corrected chi connectivity index (χ3v) is 4.41. The van der Waals surface area contributed by atoms with E-state index in [0.717, 1.165) is 29.8 Å². The molecular formula is C15H21NO2S. The highest BCUT2D eigenvalue weighted by atomic mass is 32.2. The highest BCUT2D eigenvalue weighted by Crippen LogP contribution is 2.32. The molecule has 1 aliphatic carbocycles. The molecule has 0 heterocycles. The van der Waals surface area contributed by atoms with E-state index < -0.39 is 6.10 Å². The van der Waals surface area contributed by atoms with Crippen LogP contribution in [0.5, 0.6) is 0 Å². The number of carbonyl (C=O) groups is 1. The van der Waals surface area contributed by atoms with E-state index in [4.69, 9.17) is 0 Å². The molecule has 1 aromatic rings. The van der Waals surface area contributed by atoms with E-state index in [1.165, 1.54) is 0 Å². The second-order valence-corrected chi connectivity index (χ2v) is 6.88. The van der Waals surface area contributed by atoms with Gasteiger partial charge in [-0.25, -0.2) is 0 Å². The van der Waals surface area contributed by atoms with Crippen LogP contribution in [0.2, 0.25) is 0 Å². The largest absolute Gasteiger partial charge is 0.392 e. The summed E-state index contributed by atoms with van der Waals surface area (Å²) in [5.74, 6) is -0.307. The van der Waals surface area contributed by atoms with Crippen molar-refractivity contribution in [2.75, 3.05) is 5.32 Å². The molecule has 19 heavy (non-hydrogen) atoms. The first-order valence-corrected chi connectivity index (χ1v) is 7.70. The van der Waals surface area contributed by atoms with Gasteiger partial charge in [-0.1, -0.05) is 26.0 Å². The number of para-hydroxylation sites is 1. The summed E-state index contributed by atoms with van der Waals surface area (Å²) in [7, 11) is 0. The van der Waals surface area contributed by atoms with Crippen molar-refractivity contribution in [3.8, 4) is 0 Å². The Balaban J connectivity index is 2.08. The van der Waals surface area contributed by atoms with Gasteiger partial charge in [-0.3, -0.25) is 4.79 Å². The van der Waals surface area contributed by atoms with Crippen LogP contribution in [-0.4, -0.2) is 22.4 Å². The molecule has 0 spiro atoms. The van der Waals surface area contributed by atoms with E-state index in [1.54, 1.807) is 11.8 Å². The van der Waals surface area contributed by atoms with Crippen molar-refractivity contribution in [3.63, 3.8) is 0 Å². The Bertz CT molecular complexity index is 448. The van der Waals surface area contributed by atoms with Crippen molar-refractivity contribution >= 4 is 23.4 Å². The SMILES string of the molecule is CC(C)Sc1ccccc1NC(=O)C1CCCC1O. The summed E-state index contributed by atoms with van der Waals surface area (Å²) < 4.78 is 0. The summed E-state index contributed by atoms with van der Waals surface area (Å²) in [5, 5.41) is 13.2. The fraction of sp³-hybridized carbons (Fsp3) is 0.533. The van der Waals surface area contributed by atoms with Gasteiger partial charge < -0.3 is 10.4 Å². The molecule has 0 aliphatic heterocycles. The average molecular weight is 279 g/mol. The quantitative estimate of drug-likeness (QED) is 0.832. The molecule has 1 saturated carbocycles. The number of carbonyl (C=O) groups excluding carboxylic acids is 1. The number of hydrogen-bond acceptors (Lipinski definition) is 3. The first-order valence-electron chi connectivity index (χ1n) is 6.82. The summed E-state index contributed by atoms with van der Waals surface area (Å²) >= 11 is 1.73. The average Bonchev–Trinajstić information content (AvgIpc) is 2.77. The maximum atomic E-state index is 12.2. The standard InChI is InChI=1S/C15H21NO2S/c1-10(2)19-14-9-4-3-7-12(14)16-15(18)11-6-5-8-13(11)17/h3-4,7,9-11,13,17H,5-6,8H2,1-2H3,(H,16,18). The number of aliphatic hydroxyl groups excluding tert-OH is 1. The molecular weight excluding hydrogens is 258 g/mol. The molecule has 0 saturated heterocycles. The summed E-state index contributed by atoms with van der Waals surface area (Å²) in [6.07, 6.45) is 1.97. The number of nitrogens with one attached hydrogen (secondary N) is 1. The minimum atomic E-state index is -0.482. The van der Waals surface area contributed by atoms with Gasteiger partial charge in [0.05, 0.1) is 17.7 Å². The Hall–Kier alpha value is -1.00. The third kappa shape index (κ3) is 3.74. The van der Waals surface area contributed by atoms with Crippen LogP contribution in [0.4, 0.5) is 5.69 Å². The molecule has 0 bridgehead atoms. The van der Waals surface area contributed by atoms with Crippen LogP contribution >= 0.6 is 11.8 Å². The molecule has 4 heteroatoms. The van der Waals surface area contributed by atoms with Crippen LogP contribution in [0.1, 0.15) is 33.1 Å².